The Bertz CT molecular complexity index is 1690. The molecule has 4 bridgehead atoms. The number of nitrogens with zero attached hydrogens (tertiary/aromatic N) is 2. The van der Waals surface area contributed by atoms with Crippen LogP contribution in [0.3, 0.4) is 0 Å². The van der Waals surface area contributed by atoms with Gasteiger partial charge in [-0.15, -0.1) is 0 Å². The van der Waals surface area contributed by atoms with Crippen molar-refractivity contribution in [2.75, 3.05) is 27.4 Å². The number of aliphatic hydroxyl groups is 2. The number of ketones is 2. The molecule has 3 N–H and O–H groups in total. The number of carbonyl (C=O) groups is 5. The summed E-state index contributed by atoms with van der Waals surface area (Å²) in [5.41, 5.74) is -0.732. The van der Waals surface area contributed by atoms with Crippen LogP contribution in [0, 0.1) is 29.6 Å². The lowest BCUT2D eigenvalue weighted by molar-refractivity contribution is -0.302. The summed E-state index contributed by atoms with van der Waals surface area (Å²) >= 11 is 0. The highest BCUT2D eigenvalue weighted by atomic mass is 19.1. The van der Waals surface area contributed by atoms with E-state index in [1.165, 1.54) is 20.4 Å². The zero-order chi connectivity index (χ0) is 44.1. The summed E-state index contributed by atoms with van der Waals surface area (Å²) in [6, 6.07) is 0. The Balaban J connectivity index is 1.60. The number of rotatable bonds is 7. The Morgan fingerprint density at radius 1 is 1.03 bits per heavy atom. The minimum absolute atomic E-state index is 0.0167. The number of esters is 1. The molecule has 1 amide bonds. The van der Waals surface area contributed by atoms with Gasteiger partial charge in [-0.2, -0.15) is 0 Å². The number of hydrogen-bond donors (Lipinski definition) is 3. The molecule has 4 aliphatic heterocycles. The first-order valence-electron chi connectivity index (χ1n) is 21.5. The average Bonchev–Trinajstić information content (AvgIpc) is 3.20. The normalized spacial score (nSPS) is 41.9. The summed E-state index contributed by atoms with van der Waals surface area (Å²) in [7, 11) is 3.01. The largest absolute Gasteiger partial charge is 0.480 e. The molecule has 15 nitrogen and oxygen atoms in total. The fourth-order valence-corrected chi connectivity index (χ4v) is 9.86. The molecule has 14 atom stereocenters. The van der Waals surface area contributed by atoms with E-state index in [2.05, 4.69) is 0 Å². The summed E-state index contributed by atoms with van der Waals surface area (Å²) in [6.45, 7) is 8.15. The highest BCUT2D eigenvalue weighted by molar-refractivity contribution is 6.39. The zero-order valence-electron chi connectivity index (χ0n) is 36.0. The third kappa shape index (κ3) is 10.4. The molecule has 2 saturated heterocycles. The minimum atomic E-state index is -2.61. The number of piperidine rings is 1. The van der Waals surface area contributed by atoms with Crippen LogP contribution < -0.4 is 0 Å². The first-order valence-corrected chi connectivity index (χ1v) is 21.5. The summed E-state index contributed by atoms with van der Waals surface area (Å²) in [5, 5.41) is 32.8. The van der Waals surface area contributed by atoms with Crippen LogP contribution in [0.1, 0.15) is 105 Å². The number of carboxylic acid groups (broad SMARTS) is 1. The number of ether oxygens (including phenoxy) is 5. The second-order valence-electron chi connectivity index (χ2n) is 17.9. The predicted molar refractivity (Wildman–Crippen MR) is 215 cm³/mol. The van der Waals surface area contributed by atoms with Crippen molar-refractivity contribution >= 4 is 35.6 Å². The molecular weight excluding hydrogens is 783 g/mol. The lowest BCUT2D eigenvalue weighted by Gasteiger charge is -2.48. The van der Waals surface area contributed by atoms with Gasteiger partial charge in [0.2, 0.25) is 11.4 Å². The lowest BCUT2D eigenvalue weighted by Crippen LogP contribution is -2.67. The van der Waals surface area contributed by atoms with E-state index < -0.39 is 102 Å². The molecule has 5 aliphatic rings. The third-order valence-corrected chi connectivity index (χ3v) is 13.3. The number of cyclic esters (lactones) is 1. The van der Waals surface area contributed by atoms with E-state index in [0.29, 0.717) is 37.7 Å². The van der Waals surface area contributed by atoms with E-state index in [1.54, 1.807) is 26.8 Å². The topological polar surface area (TPSA) is 208 Å². The molecule has 60 heavy (non-hydrogen) atoms. The third-order valence-electron chi connectivity index (χ3n) is 13.3. The number of amides is 1. The van der Waals surface area contributed by atoms with Crippen LogP contribution in [0.25, 0.3) is 0 Å². The van der Waals surface area contributed by atoms with E-state index >= 15 is 4.39 Å². The second kappa shape index (κ2) is 20.2. The molecule has 336 valence electrons. The Kier molecular flexibility index (Phi) is 16.0. The maximum absolute atomic E-state index is 15.3. The molecule has 4 heterocycles. The number of methoxy groups -OCH3 is 2. The number of halogens is 1. The number of carboxylic acids is 1. The monoisotopic (exact) mass is 848 g/mol. The van der Waals surface area contributed by atoms with Gasteiger partial charge in [-0.25, -0.2) is 14.0 Å². The highest BCUT2D eigenvalue weighted by Crippen LogP contribution is 2.41. The van der Waals surface area contributed by atoms with Crippen LogP contribution in [0.2, 0.25) is 0 Å². The molecule has 0 aromatic carbocycles. The van der Waals surface area contributed by atoms with Gasteiger partial charge in [0.25, 0.3) is 11.7 Å². The Hall–Kier alpha value is -3.41. The Morgan fingerprint density at radius 3 is 2.40 bits per heavy atom. The number of allylic oxidation sites excluding steroid dienone is 3. The molecule has 1 aliphatic carbocycles. The van der Waals surface area contributed by atoms with Crippen molar-refractivity contribution in [2.24, 2.45) is 34.6 Å². The van der Waals surface area contributed by atoms with E-state index in [0.717, 1.165) is 10.5 Å². The van der Waals surface area contributed by atoms with Gasteiger partial charge in [-0.05, 0) is 89.0 Å². The first-order chi connectivity index (χ1) is 28.3. The number of hydrogen-bond acceptors (Lipinski definition) is 13. The molecule has 16 heteroatoms. The molecule has 0 aromatic heterocycles. The number of alkyl halides is 1. The van der Waals surface area contributed by atoms with Crippen LogP contribution in [-0.2, 0) is 47.7 Å². The Morgan fingerprint density at radius 2 is 1.73 bits per heavy atom. The maximum atomic E-state index is 15.3. The van der Waals surface area contributed by atoms with Crippen molar-refractivity contribution in [3.8, 4) is 0 Å². The van der Waals surface area contributed by atoms with Crippen molar-refractivity contribution in [3.63, 3.8) is 0 Å². The van der Waals surface area contributed by atoms with Gasteiger partial charge < -0.3 is 43.9 Å². The van der Waals surface area contributed by atoms with Crippen molar-refractivity contribution in [3.05, 3.63) is 23.3 Å². The number of aliphatic carboxylic acids is 1. The number of aliphatic hydroxyl groups excluding tert-OH is 1. The molecular formula is C44H65FN2O13. The van der Waals surface area contributed by atoms with Gasteiger partial charge in [-0.3, -0.25) is 19.4 Å². The lowest BCUT2D eigenvalue weighted by atomic mass is 9.82. The van der Waals surface area contributed by atoms with Crippen molar-refractivity contribution in [1.82, 2.24) is 4.90 Å². The maximum Gasteiger partial charge on any atom is 0.355 e. The van der Waals surface area contributed by atoms with Gasteiger partial charge in [0, 0.05) is 57.6 Å². The van der Waals surface area contributed by atoms with Gasteiger partial charge >= 0.3 is 11.9 Å². The van der Waals surface area contributed by atoms with Gasteiger partial charge in [0.15, 0.2) is 0 Å². The van der Waals surface area contributed by atoms with E-state index in [9.17, 15) is 34.2 Å². The number of fused-ring (bicyclic) bond motifs is 4. The number of aliphatic imine (C=N–C) groups is 1. The fraction of sp³-hybridized carbons (Fsp3) is 0.773. The zero-order valence-corrected chi connectivity index (χ0v) is 36.0. The fourth-order valence-electron chi connectivity index (χ4n) is 9.86. The van der Waals surface area contributed by atoms with Crippen molar-refractivity contribution < 1.29 is 67.4 Å². The SMILES string of the molecule is CO[C@H]1C[C@@H](C)C/C(C)=C/[C@H]2C/C=N\[C@]3(CCCCN3C(=O)C(=O)[C@]3(O)O[C@H]1[C@@H](OC)C[C@H]3C)C(=O)O[C@H](/C(C)=C/[C@@H]1CC[C@@H](OCC(=O)O)C(F)C1)[C@H](C)[C@@H](O)CC2=O. The Labute approximate surface area is 352 Å². The molecule has 5 rings (SSSR count). The molecule has 0 aromatic rings. The average molecular weight is 849 g/mol. The van der Waals surface area contributed by atoms with Crippen LogP contribution in [0.15, 0.2) is 28.3 Å². The highest BCUT2D eigenvalue weighted by Gasteiger charge is 2.59. The molecule has 1 spiro atoms. The standard InChI is InChI=1S/C44H65FN2O13/c1-24-16-25(2)18-35(56-6)39-36(57-7)20-27(4)44(55,60-39)40(52)41(53)47-15-9-8-13-43(47)42(54)59-38(28(5)32(48)22-33(49)30(17-24)12-14-46-43)26(3)19-29-10-11-34(31(45)21-29)58-23-37(50)51/h14,17,19,25,27-32,34-36,38-39,48,55H,8-13,15-16,18,20-23H2,1-7H3,(H,50,51)/b24-17+,26-19+,46-14-/t25-,27+,28+,29-,30+,31?,32-,34+,35-,36-,38+,39+,43-,44+/m0/s1. The van der Waals surface area contributed by atoms with Crippen LogP contribution in [-0.4, -0.2) is 137 Å². The van der Waals surface area contributed by atoms with E-state index in [-0.39, 0.29) is 62.7 Å². The van der Waals surface area contributed by atoms with Crippen molar-refractivity contribution in [2.45, 2.75) is 159 Å². The minimum Gasteiger partial charge on any atom is -0.480 e. The molecule has 1 unspecified atom stereocenters. The van der Waals surface area contributed by atoms with Crippen LogP contribution >= 0.6 is 0 Å². The molecule has 1 saturated carbocycles. The summed E-state index contributed by atoms with van der Waals surface area (Å²) in [5.74, 6) is -10.4. The quantitative estimate of drug-likeness (QED) is 0.186. The van der Waals surface area contributed by atoms with Crippen LogP contribution in [0.5, 0.6) is 0 Å². The number of carbonyl (C=O) groups excluding carboxylic acids is 4. The van der Waals surface area contributed by atoms with Gasteiger partial charge in [0.1, 0.15) is 30.8 Å². The molecule has 3 fully saturated rings. The smallest absolute Gasteiger partial charge is 0.355 e. The molecule has 0 radical (unpaired) electrons. The van der Waals surface area contributed by atoms with E-state index in [4.69, 9.17) is 33.8 Å². The summed E-state index contributed by atoms with van der Waals surface area (Å²) in [6.07, 6.45) is 0.458. The second-order valence-corrected chi connectivity index (χ2v) is 17.9. The predicted octanol–water partition coefficient (Wildman–Crippen LogP) is 4.30. The van der Waals surface area contributed by atoms with Gasteiger partial charge in [0.05, 0.1) is 24.4 Å². The van der Waals surface area contributed by atoms with Crippen LogP contribution in [0.4, 0.5) is 4.39 Å². The van der Waals surface area contributed by atoms with Gasteiger partial charge in [-0.1, -0.05) is 38.5 Å². The summed E-state index contributed by atoms with van der Waals surface area (Å²) < 4.78 is 44.8. The van der Waals surface area contributed by atoms with E-state index in [1.807, 2.05) is 19.9 Å². The van der Waals surface area contributed by atoms with Crippen molar-refractivity contribution in [1.29, 1.82) is 0 Å². The number of Topliss-reactive ketones (excluding diaryl/α,β-unsaturated/α-hetero) is 2. The first kappa shape index (κ1) is 47.6. The summed E-state index contributed by atoms with van der Waals surface area (Å²) in [4.78, 5) is 75.1.